The highest BCUT2D eigenvalue weighted by Gasteiger charge is 2.09. The van der Waals surface area contributed by atoms with E-state index in [9.17, 15) is 18.4 Å². The van der Waals surface area contributed by atoms with Crippen molar-refractivity contribution in [3.63, 3.8) is 0 Å². The Morgan fingerprint density at radius 1 is 1.19 bits per heavy atom. The molecule has 1 aromatic heterocycles. The first-order chi connectivity index (χ1) is 12.9. The molecule has 2 aromatic carbocycles. The van der Waals surface area contributed by atoms with Crippen LogP contribution in [0.3, 0.4) is 0 Å². The Labute approximate surface area is 157 Å². The highest BCUT2D eigenvalue weighted by Crippen LogP contribution is 2.17. The summed E-state index contributed by atoms with van der Waals surface area (Å²) >= 11 is 5.20. The van der Waals surface area contributed by atoms with Gasteiger partial charge in [0.05, 0.1) is 10.9 Å². The molecular formula is C18H15F2N3O3S. The summed E-state index contributed by atoms with van der Waals surface area (Å²) in [5, 5.41) is 3.11. The van der Waals surface area contributed by atoms with Crippen LogP contribution in [0.2, 0.25) is 0 Å². The maximum atomic E-state index is 12.5. The van der Waals surface area contributed by atoms with Gasteiger partial charge in [-0.3, -0.25) is 14.2 Å². The summed E-state index contributed by atoms with van der Waals surface area (Å²) in [5.41, 5.74) is 0.799. The Morgan fingerprint density at radius 2 is 1.89 bits per heavy atom. The number of aromatic amines is 1. The summed E-state index contributed by atoms with van der Waals surface area (Å²) in [6.45, 7) is -2.80. The number of hydrogen-bond donors (Lipinski definition) is 2. The number of anilines is 1. The Bertz CT molecular complexity index is 1080. The Kier molecular flexibility index (Phi) is 5.60. The number of rotatable bonds is 6. The van der Waals surface area contributed by atoms with Crippen molar-refractivity contribution in [2.45, 2.75) is 19.6 Å². The van der Waals surface area contributed by atoms with Crippen LogP contribution < -0.4 is 15.6 Å². The van der Waals surface area contributed by atoms with Gasteiger partial charge in [0.2, 0.25) is 5.91 Å². The fourth-order valence-electron chi connectivity index (χ4n) is 2.56. The second-order valence-corrected chi connectivity index (χ2v) is 6.02. The summed E-state index contributed by atoms with van der Waals surface area (Å²) in [6.07, 6.45) is 0.0189. The molecule has 2 N–H and O–H groups in total. The van der Waals surface area contributed by atoms with E-state index in [1.165, 1.54) is 28.8 Å². The molecule has 3 rings (SSSR count). The molecule has 0 unspecified atom stereocenters. The number of amides is 1. The van der Waals surface area contributed by atoms with Gasteiger partial charge in [-0.1, -0.05) is 12.1 Å². The first-order valence-electron chi connectivity index (χ1n) is 8.00. The monoisotopic (exact) mass is 391 g/mol. The zero-order valence-corrected chi connectivity index (χ0v) is 14.8. The number of fused-ring (bicyclic) bond motifs is 1. The van der Waals surface area contributed by atoms with Crippen molar-refractivity contribution >= 4 is 34.7 Å². The summed E-state index contributed by atoms with van der Waals surface area (Å²) < 4.78 is 30.1. The zero-order valence-electron chi connectivity index (χ0n) is 13.9. The van der Waals surface area contributed by atoms with Gasteiger partial charge in [-0.2, -0.15) is 8.78 Å². The van der Waals surface area contributed by atoms with Crippen molar-refractivity contribution in [1.82, 2.24) is 9.55 Å². The highest BCUT2D eigenvalue weighted by molar-refractivity contribution is 7.71. The lowest BCUT2D eigenvalue weighted by molar-refractivity contribution is -0.116. The number of aromatic nitrogens is 2. The van der Waals surface area contributed by atoms with E-state index in [1.54, 1.807) is 24.3 Å². The summed E-state index contributed by atoms with van der Waals surface area (Å²) in [5.74, 6) is -0.344. The zero-order chi connectivity index (χ0) is 19.4. The van der Waals surface area contributed by atoms with Crippen molar-refractivity contribution in [3.8, 4) is 5.75 Å². The van der Waals surface area contributed by atoms with E-state index in [-0.39, 0.29) is 35.0 Å². The summed E-state index contributed by atoms with van der Waals surface area (Å²) in [4.78, 5) is 27.6. The van der Waals surface area contributed by atoms with Gasteiger partial charge in [-0.25, -0.2) is 0 Å². The van der Waals surface area contributed by atoms with Gasteiger partial charge < -0.3 is 15.0 Å². The minimum absolute atomic E-state index is 0.00278. The first kappa shape index (κ1) is 18.7. The van der Waals surface area contributed by atoms with Crippen LogP contribution in [0.25, 0.3) is 10.9 Å². The quantitative estimate of drug-likeness (QED) is 0.629. The summed E-state index contributed by atoms with van der Waals surface area (Å²) in [7, 11) is 0. The number of ether oxygens (including phenoxy) is 1. The van der Waals surface area contributed by atoms with E-state index in [0.717, 1.165) is 0 Å². The minimum atomic E-state index is -2.91. The number of hydrogen-bond acceptors (Lipinski definition) is 4. The van der Waals surface area contributed by atoms with E-state index >= 15 is 0 Å². The molecule has 0 saturated heterocycles. The van der Waals surface area contributed by atoms with Crippen LogP contribution in [-0.2, 0) is 11.3 Å². The minimum Gasteiger partial charge on any atom is -0.435 e. The van der Waals surface area contributed by atoms with Crippen LogP contribution in [0, 0.1) is 4.77 Å². The summed E-state index contributed by atoms with van der Waals surface area (Å²) in [6, 6.07) is 12.5. The average Bonchev–Trinajstić information content (AvgIpc) is 2.63. The third-order valence-electron chi connectivity index (χ3n) is 3.82. The lowest BCUT2D eigenvalue weighted by Crippen LogP contribution is -2.25. The number of para-hydroxylation sites is 1. The van der Waals surface area contributed by atoms with Crippen molar-refractivity contribution < 1.29 is 18.3 Å². The van der Waals surface area contributed by atoms with Gasteiger partial charge in [0.15, 0.2) is 4.77 Å². The molecular weight excluding hydrogens is 376 g/mol. The molecule has 0 aliphatic heterocycles. The first-order valence-corrected chi connectivity index (χ1v) is 8.41. The van der Waals surface area contributed by atoms with Crippen LogP contribution >= 0.6 is 12.2 Å². The lowest BCUT2D eigenvalue weighted by atomic mass is 10.2. The van der Waals surface area contributed by atoms with Gasteiger partial charge >= 0.3 is 6.61 Å². The molecule has 1 amide bonds. The van der Waals surface area contributed by atoms with Gasteiger partial charge in [-0.05, 0) is 48.6 Å². The molecule has 0 radical (unpaired) electrons. The third-order valence-corrected chi connectivity index (χ3v) is 4.14. The second kappa shape index (κ2) is 8.09. The number of nitrogens with zero attached hydrogens (tertiary/aromatic N) is 1. The number of carbonyl (C=O) groups excluding carboxylic acids is 1. The van der Waals surface area contributed by atoms with Crippen molar-refractivity contribution in [2.75, 3.05) is 5.32 Å². The van der Waals surface area contributed by atoms with Crippen LogP contribution in [0.5, 0.6) is 5.75 Å². The fraction of sp³-hybridized carbons (Fsp3) is 0.167. The number of nitrogens with one attached hydrogen (secondary N) is 2. The van der Waals surface area contributed by atoms with E-state index < -0.39 is 6.61 Å². The van der Waals surface area contributed by atoms with Gasteiger partial charge in [0, 0.05) is 18.7 Å². The predicted octanol–water partition coefficient (Wildman–Crippen LogP) is 3.69. The van der Waals surface area contributed by atoms with Crippen LogP contribution in [0.15, 0.2) is 53.3 Å². The number of H-pyrrole nitrogens is 1. The van der Waals surface area contributed by atoms with Crippen LogP contribution in [0.1, 0.15) is 6.42 Å². The molecule has 0 atom stereocenters. The van der Waals surface area contributed by atoms with Crippen molar-refractivity contribution in [2.24, 2.45) is 0 Å². The average molecular weight is 391 g/mol. The van der Waals surface area contributed by atoms with Gasteiger partial charge in [-0.15, -0.1) is 0 Å². The molecule has 0 saturated carbocycles. The standard InChI is InChI=1S/C18H15F2N3O3S/c19-17(20)26-12-7-5-11(6-8-12)21-15(24)9-10-23-16(25)13-3-1-2-4-14(13)22-18(23)27/h1-8,17H,9-10H2,(H,21,24)(H,22,27). The van der Waals surface area contributed by atoms with E-state index in [1.807, 2.05) is 0 Å². The lowest BCUT2D eigenvalue weighted by Gasteiger charge is -2.09. The smallest absolute Gasteiger partial charge is 0.387 e. The van der Waals surface area contributed by atoms with E-state index in [0.29, 0.717) is 16.6 Å². The normalized spacial score (nSPS) is 10.9. The topological polar surface area (TPSA) is 76.1 Å². The SMILES string of the molecule is O=C(CCn1c(=S)[nH]c2ccccc2c1=O)Nc1ccc(OC(F)F)cc1. The van der Waals surface area contributed by atoms with E-state index in [4.69, 9.17) is 12.2 Å². The molecule has 0 fully saturated rings. The molecule has 27 heavy (non-hydrogen) atoms. The molecule has 140 valence electrons. The highest BCUT2D eigenvalue weighted by atomic mass is 32.1. The second-order valence-electron chi connectivity index (χ2n) is 5.63. The molecule has 1 heterocycles. The third kappa shape index (κ3) is 4.56. The van der Waals surface area contributed by atoms with Gasteiger partial charge in [0.1, 0.15) is 5.75 Å². The molecule has 3 aromatic rings. The molecule has 6 nitrogen and oxygen atoms in total. The Morgan fingerprint density at radius 3 is 2.59 bits per heavy atom. The van der Waals surface area contributed by atoms with Crippen molar-refractivity contribution in [3.05, 3.63) is 63.7 Å². The van der Waals surface area contributed by atoms with E-state index in [2.05, 4.69) is 15.0 Å². The van der Waals surface area contributed by atoms with Crippen molar-refractivity contribution in [1.29, 1.82) is 0 Å². The fourth-order valence-corrected chi connectivity index (χ4v) is 2.84. The van der Waals surface area contributed by atoms with Crippen LogP contribution in [0.4, 0.5) is 14.5 Å². The number of benzene rings is 2. The molecule has 0 aliphatic rings. The maximum Gasteiger partial charge on any atom is 0.387 e. The molecule has 0 spiro atoms. The van der Waals surface area contributed by atoms with Gasteiger partial charge in [0.25, 0.3) is 5.56 Å². The molecule has 9 heteroatoms. The number of halogens is 2. The van der Waals surface area contributed by atoms with Crippen LogP contribution in [-0.4, -0.2) is 22.1 Å². The maximum absolute atomic E-state index is 12.5. The number of alkyl halides is 2. The molecule has 0 aliphatic carbocycles. The largest absolute Gasteiger partial charge is 0.435 e. The molecule has 0 bridgehead atoms. The Balaban J connectivity index is 1.67. The predicted molar refractivity (Wildman–Crippen MR) is 99.7 cm³/mol. The number of carbonyl (C=O) groups is 1. The Hall–Kier alpha value is -3.07.